The molecule has 3 heterocycles. The van der Waals surface area contributed by atoms with Crippen LogP contribution in [0, 0.1) is 6.92 Å². The number of rotatable bonds is 8. The predicted molar refractivity (Wildman–Crippen MR) is 119 cm³/mol. The summed E-state index contributed by atoms with van der Waals surface area (Å²) in [4.78, 5) is 7.25. The average Bonchev–Trinajstić information content (AvgIpc) is 3.51. The van der Waals surface area contributed by atoms with Gasteiger partial charge in [-0.3, -0.25) is 9.58 Å². The van der Waals surface area contributed by atoms with Crippen molar-refractivity contribution >= 4 is 0 Å². The molecule has 0 N–H and O–H groups in total. The molecule has 1 aromatic carbocycles. The number of likely N-dealkylation sites (N-methyl/N-ethyl adjacent to an activating group) is 1. The topological polar surface area (TPSA) is 52.0 Å². The predicted octanol–water partition coefficient (Wildman–Crippen LogP) is 4.94. The third-order valence-corrected chi connectivity index (χ3v) is 5.87. The fourth-order valence-electron chi connectivity index (χ4n) is 4.06. The lowest BCUT2D eigenvalue weighted by Gasteiger charge is -2.29. The van der Waals surface area contributed by atoms with Crippen molar-refractivity contribution in [2.24, 2.45) is 7.05 Å². The van der Waals surface area contributed by atoms with E-state index in [2.05, 4.69) is 65.7 Å². The van der Waals surface area contributed by atoms with Gasteiger partial charge in [0.05, 0.1) is 36.2 Å². The molecule has 0 aliphatic rings. The van der Waals surface area contributed by atoms with E-state index >= 15 is 0 Å². The normalized spacial score (nSPS) is 12.6. The average molecular weight is 404 g/mol. The van der Waals surface area contributed by atoms with E-state index in [0.29, 0.717) is 0 Å². The summed E-state index contributed by atoms with van der Waals surface area (Å²) in [7, 11) is 1.98. The van der Waals surface area contributed by atoms with E-state index in [1.165, 1.54) is 0 Å². The maximum absolute atomic E-state index is 5.83. The van der Waals surface area contributed by atoms with Gasteiger partial charge >= 0.3 is 0 Å². The summed E-state index contributed by atoms with van der Waals surface area (Å²) in [5, 5.41) is 4.49. The fourth-order valence-corrected chi connectivity index (χ4v) is 4.06. The highest BCUT2D eigenvalue weighted by molar-refractivity contribution is 5.79. The molecule has 0 aliphatic carbocycles. The van der Waals surface area contributed by atoms with Crippen molar-refractivity contribution in [3.05, 3.63) is 72.7 Å². The van der Waals surface area contributed by atoms with Crippen LogP contribution in [0.2, 0.25) is 0 Å². The van der Waals surface area contributed by atoms with Crippen molar-refractivity contribution in [1.82, 2.24) is 24.2 Å². The molecule has 0 radical (unpaired) electrons. The van der Waals surface area contributed by atoms with E-state index in [0.717, 1.165) is 53.6 Å². The Hall–Kier alpha value is -3.12. The Morgan fingerprint density at radius 2 is 1.83 bits per heavy atom. The third kappa shape index (κ3) is 3.71. The van der Waals surface area contributed by atoms with Crippen LogP contribution in [0.4, 0.5) is 0 Å². The summed E-state index contributed by atoms with van der Waals surface area (Å²) in [5.41, 5.74) is 5.39. The molecule has 6 nitrogen and oxygen atoms in total. The molecule has 30 heavy (non-hydrogen) atoms. The zero-order valence-corrected chi connectivity index (χ0v) is 18.1. The van der Waals surface area contributed by atoms with Gasteiger partial charge in [-0.2, -0.15) is 5.10 Å². The summed E-state index contributed by atoms with van der Waals surface area (Å²) in [5.74, 6) is 0.975. The van der Waals surface area contributed by atoms with E-state index in [4.69, 9.17) is 9.40 Å². The van der Waals surface area contributed by atoms with Crippen molar-refractivity contribution in [3.63, 3.8) is 0 Å². The van der Waals surface area contributed by atoms with Gasteiger partial charge in [0.2, 0.25) is 0 Å². The Kier molecular flexibility index (Phi) is 5.86. The number of aryl methyl sites for hydroxylation is 1. The quantitative estimate of drug-likeness (QED) is 0.418. The van der Waals surface area contributed by atoms with Crippen LogP contribution in [0.1, 0.15) is 31.3 Å². The van der Waals surface area contributed by atoms with Crippen LogP contribution in [0.5, 0.6) is 0 Å². The van der Waals surface area contributed by atoms with Crippen LogP contribution >= 0.6 is 0 Å². The summed E-state index contributed by atoms with van der Waals surface area (Å²) < 4.78 is 9.99. The van der Waals surface area contributed by atoms with Crippen molar-refractivity contribution in [1.29, 1.82) is 0 Å². The van der Waals surface area contributed by atoms with Crippen LogP contribution in [-0.4, -0.2) is 37.3 Å². The molecule has 4 rings (SSSR count). The van der Waals surface area contributed by atoms with E-state index < -0.39 is 0 Å². The molecule has 6 heteroatoms. The molecule has 156 valence electrons. The first kappa shape index (κ1) is 20.2. The Morgan fingerprint density at radius 1 is 1.07 bits per heavy atom. The Bertz CT molecular complexity index is 1070. The highest BCUT2D eigenvalue weighted by atomic mass is 16.3. The minimum atomic E-state index is 0.128. The second kappa shape index (κ2) is 8.71. The molecule has 0 saturated carbocycles. The van der Waals surface area contributed by atoms with Gasteiger partial charge in [0.1, 0.15) is 5.76 Å². The number of aromatic nitrogens is 4. The molecule has 0 aliphatic heterocycles. The minimum absolute atomic E-state index is 0.128. The van der Waals surface area contributed by atoms with Gasteiger partial charge in [0, 0.05) is 30.4 Å². The standard InChI is InChI=1S/C24H29N5O/c1-5-28(6-2)21(22-13-10-14-30-22)16-29-17-25-23(19-11-8-7-9-12-19)24(29)20-15-26-27(4)18(20)3/h7-15,17,21H,5-6,16H2,1-4H3. The summed E-state index contributed by atoms with van der Waals surface area (Å²) in [6.45, 7) is 9.12. The minimum Gasteiger partial charge on any atom is -0.468 e. The van der Waals surface area contributed by atoms with Crippen LogP contribution in [-0.2, 0) is 13.6 Å². The second-order valence-corrected chi connectivity index (χ2v) is 7.48. The van der Waals surface area contributed by atoms with Gasteiger partial charge in [0.15, 0.2) is 0 Å². The van der Waals surface area contributed by atoms with Crippen molar-refractivity contribution in [3.8, 4) is 22.5 Å². The van der Waals surface area contributed by atoms with Crippen molar-refractivity contribution in [2.45, 2.75) is 33.4 Å². The molecule has 1 unspecified atom stereocenters. The van der Waals surface area contributed by atoms with E-state index in [-0.39, 0.29) is 6.04 Å². The van der Waals surface area contributed by atoms with Gasteiger partial charge in [-0.05, 0) is 32.1 Å². The number of nitrogens with zero attached hydrogens (tertiary/aromatic N) is 5. The number of hydrogen-bond donors (Lipinski definition) is 0. The van der Waals surface area contributed by atoms with Crippen LogP contribution in [0.3, 0.4) is 0 Å². The van der Waals surface area contributed by atoms with Crippen LogP contribution in [0.25, 0.3) is 22.5 Å². The summed E-state index contributed by atoms with van der Waals surface area (Å²) in [6, 6.07) is 14.5. The van der Waals surface area contributed by atoms with Gasteiger partial charge in [-0.25, -0.2) is 4.98 Å². The van der Waals surface area contributed by atoms with Gasteiger partial charge in [0.25, 0.3) is 0 Å². The van der Waals surface area contributed by atoms with Gasteiger partial charge in [-0.1, -0.05) is 44.2 Å². The monoisotopic (exact) mass is 403 g/mol. The highest BCUT2D eigenvalue weighted by Crippen LogP contribution is 2.35. The number of benzene rings is 1. The molecule has 4 aromatic rings. The molecule has 1 atom stereocenters. The zero-order valence-electron chi connectivity index (χ0n) is 18.1. The largest absolute Gasteiger partial charge is 0.468 e. The molecule has 0 fully saturated rings. The zero-order chi connectivity index (χ0) is 21.1. The third-order valence-electron chi connectivity index (χ3n) is 5.87. The SMILES string of the molecule is CCN(CC)C(Cn1cnc(-c2ccccc2)c1-c1cnn(C)c1C)c1ccco1. The smallest absolute Gasteiger partial charge is 0.122 e. The maximum Gasteiger partial charge on any atom is 0.122 e. The fraction of sp³-hybridized carbons (Fsp3) is 0.333. The first-order chi connectivity index (χ1) is 14.6. The Morgan fingerprint density at radius 3 is 2.43 bits per heavy atom. The van der Waals surface area contributed by atoms with Crippen molar-refractivity contribution in [2.75, 3.05) is 13.1 Å². The Balaban J connectivity index is 1.83. The summed E-state index contributed by atoms with van der Waals surface area (Å²) in [6.07, 6.45) is 5.64. The lowest BCUT2D eigenvalue weighted by molar-refractivity contribution is 0.174. The lowest BCUT2D eigenvalue weighted by Crippen LogP contribution is -2.31. The molecule has 0 amide bonds. The van der Waals surface area contributed by atoms with E-state index in [1.54, 1.807) is 6.26 Å². The lowest BCUT2D eigenvalue weighted by atomic mass is 10.0. The molecule has 3 aromatic heterocycles. The van der Waals surface area contributed by atoms with Crippen molar-refractivity contribution < 1.29 is 4.42 Å². The van der Waals surface area contributed by atoms with E-state index in [9.17, 15) is 0 Å². The van der Waals surface area contributed by atoms with Gasteiger partial charge in [-0.15, -0.1) is 0 Å². The maximum atomic E-state index is 5.83. The molecule has 0 saturated heterocycles. The van der Waals surface area contributed by atoms with Crippen LogP contribution in [0.15, 0.2) is 65.7 Å². The number of imidazole rings is 1. The first-order valence-electron chi connectivity index (χ1n) is 10.5. The highest BCUT2D eigenvalue weighted by Gasteiger charge is 2.25. The summed E-state index contributed by atoms with van der Waals surface area (Å²) >= 11 is 0. The molecular weight excluding hydrogens is 374 g/mol. The first-order valence-corrected chi connectivity index (χ1v) is 10.5. The van der Waals surface area contributed by atoms with E-state index in [1.807, 2.05) is 36.4 Å². The Labute approximate surface area is 177 Å². The van der Waals surface area contributed by atoms with Gasteiger partial charge < -0.3 is 8.98 Å². The molecule has 0 bridgehead atoms. The van der Waals surface area contributed by atoms with Crippen LogP contribution < -0.4 is 0 Å². The second-order valence-electron chi connectivity index (χ2n) is 7.48. The molecular formula is C24H29N5O. The number of hydrogen-bond acceptors (Lipinski definition) is 4. The molecule has 0 spiro atoms. The number of furan rings is 1.